The van der Waals surface area contributed by atoms with Crippen molar-refractivity contribution in [1.29, 1.82) is 0 Å². The van der Waals surface area contributed by atoms with Gasteiger partial charge < -0.3 is 10.0 Å². The standard InChI is InChI=1S/C9H7Cl2NO3S2/c10-4-1-6(17-7(4)11)8(13)12-3-16-2-5(12)9(14)15/h1,5H,2-3H2,(H,14,15). The van der Waals surface area contributed by atoms with Crippen molar-refractivity contribution in [3.05, 3.63) is 20.3 Å². The molecule has 1 aliphatic heterocycles. The third-order valence-corrected chi connectivity index (χ3v) is 5.15. The van der Waals surface area contributed by atoms with E-state index < -0.39 is 12.0 Å². The Bertz CT molecular complexity index is 457. The average molecular weight is 312 g/mol. The summed E-state index contributed by atoms with van der Waals surface area (Å²) in [5.41, 5.74) is 0. The number of carbonyl (C=O) groups is 2. The van der Waals surface area contributed by atoms with Crippen LogP contribution in [-0.2, 0) is 4.79 Å². The molecule has 1 N–H and O–H groups in total. The van der Waals surface area contributed by atoms with Crippen LogP contribution in [-0.4, -0.2) is 39.6 Å². The monoisotopic (exact) mass is 311 g/mol. The van der Waals surface area contributed by atoms with Gasteiger partial charge in [-0.15, -0.1) is 23.1 Å². The van der Waals surface area contributed by atoms with Gasteiger partial charge in [0.25, 0.3) is 5.91 Å². The predicted molar refractivity (Wildman–Crippen MR) is 69.3 cm³/mol. The summed E-state index contributed by atoms with van der Waals surface area (Å²) >= 11 is 14.0. The lowest BCUT2D eigenvalue weighted by molar-refractivity contribution is -0.140. The van der Waals surface area contributed by atoms with Crippen LogP contribution in [0.15, 0.2) is 6.07 Å². The Balaban J connectivity index is 2.22. The fourth-order valence-corrected chi connectivity index (χ4v) is 3.91. The van der Waals surface area contributed by atoms with Gasteiger partial charge in [0.15, 0.2) is 0 Å². The SMILES string of the molecule is O=C(O)C1CSCN1C(=O)c1cc(Cl)c(Cl)s1. The molecule has 0 saturated carbocycles. The Morgan fingerprint density at radius 1 is 1.47 bits per heavy atom. The first kappa shape index (κ1) is 13.0. The van der Waals surface area contributed by atoms with Crippen LogP contribution in [0.25, 0.3) is 0 Å². The summed E-state index contributed by atoms with van der Waals surface area (Å²) in [5.74, 6) is -0.532. The van der Waals surface area contributed by atoms with Gasteiger partial charge in [0.1, 0.15) is 10.4 Å². The number of aliphatic carboxylic acids is 1. The first-order chi connectivity index (χ1) is 8.00. The Labute approximate surface area is 115 Å². The third-order valence-electron chi connectivity index (χ3n) is 2.28. The van der Waals surface area contributed by atoms with Gasteiger partial charge in [-0.05, 0) is 6.07 Å². The molecule has 1 unspecified atom stereocenters. The molecule has 0 radical (unpaired) electrons. The lowest BCUT2D eigenvalue weighted by Gasteiger charge is -2.19. The molecule has 1 atom stereocenters. The molecule has 1 aromatic rings. The Morgan fingerprint density at radius 2 is 2.18 bits per heavy atom. The van der Waals surface area contributed by atoms with Crippen LogP contribution in [0.3, 0.4) is 0 Å². The molecular formula is C9H7Cl2NO3S2. The number of thioether (sulfide) groups is 1. The average Bonchev–Trinajstić information content (AvgIpc) is 2.85. The van der Waals surface area contributed by atoms with E-state index in [4.69, 9.17) is 28.3 Å². The quantitative estimate of drug-likeness (QED) is 0.912. The van der Waals surface area contributed by atoms with E-state index in [-0.39, 0.29) is 5.91 Å². The highest BCUT2D eigenvalue weighted by atomic mass is 35.5. The normalized spacial score (nSPS) is 19.6. The van der Waals surface area contributed by atoms with Crippen molar-refractivity contribution in [2.75, 3.05) is 11.6 Å². The van der Waals surface area contributed by atoms with E-state index in [2.05, 4.69) is 0 Å². The lowest BCUT2D eigenvalue weighted by Crippen LogP contribution is -2.41. The minimum absolute atomic E-state index is 0.318. The van der Waals surface area contributed by atoms with E-state index in [1.165, 1.54) is 22.7 Å². The van der Waals surface area contributed by atoms with Crippen molar-refractivity contribution >= 4 is 58.2 Å². The second kappa shape index (κ2) is 5.06. The van der Waals surface area contributed by atoms with Gasteiger partial charge >= 0.3 is 5.97 Å². The van der Waals surface area contributed by atoms with Crippen LogP contribution in [0, 0.1) is 0 Å². The summed E-state index contributed by atoms with van der Waals surface area (Å²) in [6.45, 7) is 0. The van der Waals surface area contributed by atoms with Gasteiger partial charge in [0.05, 0.1) is 15.8 Å². The molecule has 0 aliphatic carbocycles. The molecule has 0 spiro atoms. The molecule has 17 heavy (non-hydrogen) atoms. The summed E-state index contributed by atoms with van der Waals surface area (Å²) in [5, 5.41) is 9.30. The number of carbonyl (C=O) groups excluding carboxylic acids is 1. The Morgan fingerprint density at radius 3 is 2.71 bits per heavy atom. The van der Waals surface area contributed by atoms with E-state index in [1.807, 2.05) is 0 Å². The number of halogens is 2. The van der Waals surface area contributed by atoms with Crippen LogP contribution >= 0.6 is 46.3 Å². The highest BCUT2D eigenvalue weighted by Gasteiger charge is 2.35. The third kappa shape index (κ3) is 2.54. The van der Waals surface area contributed by atoms with Crippen molar-refractivity contribution in [1.82, 2.24) is 4.90 Å². The summed E-state index contributed by atoms with van der Waals surface area (Å²) in [7, 11) is 0. The number of nitrogens with zero attached hydrogens (tertiary/aromatic N) is 1. The van der Waals surface area contributed by atoms with E-state index in [0.29, 0.717) is 25.9 Å². The maximum absolute atomic E-state index is 12.1. The van der Waals surface area contributed by atoms with Crippen LogP contribution in [0.1, 0.15) is 9.67 Å². The van der Waals surface area contributed by atoms with Crippen molar-refractivity contribution in [2.24, 2.45) is 0 Å². The molecule has 1 aromatic heterocycles. The number of amides is 1. The minimum Gasteiger partial charge on any atom is -0.480 e. The van der Waals surface area contributed by atoms with Gasteiger partial charge in [-0.2, -0.15) is 0 Å². The fraction of sp³-hybridized carbons (Fsp3) is 0.333. The first-order valence-electron chi connectivity index (χ1n) is 4.57. The molecule has 1 fully saturated rings. The molecule has 8 heteroatoms. The van der Waals surface area contributed by atoms with E-state index in [0.717, 1.165) is 11.3 Å². The topological polar surface area (TPSA) is 57.6 Å². The van der Waals surface area contributed by atoms with Crippen molar-refractivity contribution < 1.29 is 14.7 Å². The number of hydrogen-bond acceptors (Lipinski definition) is 4. The smallest absolute Gasteiger partial charge is 0.327 e. The summed E-state index contributed by atoms with van der Waals surface area (Å²) in [4.78, 5) is 24.7. The first-order valence-corrected chi connectivity index (χ1v) is 7.29. The zero-order valence-electron chi connectivity index (χ0n) is 8.35. The molecule has 92 valence electrons. The number of carboxylic acid groups (broad SMARTS) is 1. The van der Waals surface area contributed by atoms with Crippen LogP contribution in [0.2, 0.25) is 9.36 Å². The molecule has 1 amide bonds. The lowest BCUT2D eigenvalue weighted by atomic mass is 10.3. The van der Waals surface area contributed by atoms with E-state index in [1.54, 1.807) is 0 Å². The molecule has 0 aromatic carbocycles. The zero-order valence-corrected chi connectivity index (χ0v) is 11.5. The second-order valence-corrected chi connectivity index (χ2v) is 6.42. The summed E-state index contributed by atoms with van der Waals surface area (Å²) in [6.07, 6.45) is 0. The fourth-order valence-electron chi connectivity index (χ4n) is 1.44. The maximum Gasteiger partial charge on any atom is 0.327 e. The highest BCUT2D eigenvalue weighted by molar-refractivity contribution is 7.99. The molecular weight excluding hydrogens is 305 g/mol. The predicted octanol–water partition coefficient (Wildman–Crippen LogP) is 2.65. The summed E-state index contributed by atoms with van der Waals surface area (Å²) < 4.78 is 0.341. The molecule has 1 aliphatic rings. The van der Waals surface area contributed by atoms with Gasteiger partial charge in [-0.1, -0.05) is 23.2 Å². The molecule has 1 saturated heterocycles. The Hall–Kier alpha value is -0.430. The van der Waals surface area contributed by atoms with E-state index in [9.17, 15) is 9.59 Å². The molecule has 2 rings (SSSR count). The van der Waals surface area contributed by atoms with Gasteiger partial charge in [-0.25, -0.2) is 4.79 Å². The van der Waals surface area contributed by atoms with Crippen LogP contribution in [0.4, 0.5) is 0 Å². The van der Waals surface area contributed by atoms with Crippen molar-refractivity contribution in [2.45, 2.75) is 6.04 Å². The van der Waals surface area contributed by atoms with Crippen LogP contribution in [0.5, 0.6) is 0 Å². The van der Waals surface area contributed by atoms with Gasteiger partial charge in [0, 0.05) is 5.75 Å². The number of rotatable bonds is 2. The largest absolute Gasteiger partial charge is 0.480 e. The molecule has 2 heterocycles. The van der Waals surface area contributed by atoms with Gasteiger partial charge in [0.2, 0.25) is 0 Å². The zero-order chi connectivity index (χ0) is 12.6. The Kier molecular flexibility index (Phi) is 3.87. The summed E-state index contributed by atoms with van der Waals surface area (Å²) in [6, 6.07) is 0.700. The highest BCUT2D eigenvalue weighted by Crippen LogP contribution is 2.33. The molecule has 0 bridgehead atoms. The second-order valence-electron chi connectivity index (χ2n) is 3.36. The van der Waals surface area contributed by atoms with Crippen molar-refractivity contribution in [3.8, 4) is 0 Å². The number of carboxylic acids is 1. The van der Waals surface area contributed by atoms with Crippen LogP contribution < -0.4 is 0 Å². The maximum atomic E-state index is 12.1. The van der Waals surface area contributed by atoms with Gasteiger partial charge in [-0.3, -0.25) is 4.79 Å². The number of hydrogen-bond donors (Lipinski definition) is 1. The minimum atomic E-state index is -0.989. The number of thiophene rings is 1. The molecule has 4 nitrogen and oxygen atoms in total. The van der Waals surface area contributed by atoms with Crippen molar-refractivity contribution in [3.63, 3.8) is 0 Å². The van der Waals surface area contributed by atoms with E-state index >= 15 is 0 Å².